The van der Waals surface area contributed by atoms with Gasteiger partial charge < -0.3 is 15.2 Å². The third-order valence-electron chi connectivity index (χ3n) is 5.36. The van der Waals surface area contributed by atoms with E-state index in [2.05, 4.69) is 31.0 Å². The number of fused-ring (bicyclic) bond motifs is 3. The summed E-state index contributed by atoms with van der Waals surface area (Å²) in [7, 11) is 0. The second kappa shape index (κ2) is 7.05. The standard InChI is InChI=1S/C21H20N6O2/c1-12-18(19(29-27-12)13-5-3-2-4-6-13)25-21(28)24-15-7-8-16-14(9-15)10-22-20-17(16)11-23-26-20/h2-6,10-11,15H,7-9H2,1H3,(H,22,23,26)(H2,24,25,28). The summed E-state index contributed by atoms with van der Waals surface area (Å²) in [6, 6.07) is 9.38. The molecule has 0 radical (unpaired) electrons. The molecule has 8 heteroatoms. The molecule has 1 aromatic carbocycles. The van der Waals surface area contributed by atoms with E-state index in [1.807, 2.05) is 49.6 Å². The van der Waals surface area contributed by atoms with E-state index in [0.717, 1.165) is 41.4 Å². The number of urea groups is 1. The maximum absolute atomic E-state index is 12.7. The number of benzene rings is 1. The number of hydrogen-bond acceptors (Lipinski definition) is 5. The minimum Gasteiger partial charge on any atom is -0.354 e. The van der Waals surface area contributed by atoms with Gasteiger partial charge in [-0.05, 0) is 37.3 Å². The van der Waals surface area contributed by atoms with Crippen LogP contribution in [0.15, 0.2) is 47.2 Å². The molecule has 0 saturated carbocycles. The molecule has 3 N–H and O–H groups in total. The van der Waals surface area contributed by atoms with Crippen LogP contribution in [0.4, 0.5) is 10.5 Å². The van der Waals surface area contributed by atoms with Gasteiger partial charge in [-0.25, -0.2) is 9.78 Å². The maximum atomic E-state index is 12.7. The smallest absolute Gasteiger partial charge is 0.319 e. The first kappa shape index (κ1) is 17.4. The number of aromatic amines is 1. The first-order valence-corrected chi connectivity index (χ1v) is 9.58. The van der Waals surface area contributed by atoms with Crippen LogP contribution in [0.25, 0.3) is 22.4 Å². The minimum atomic E-state index is -0.265. The van der Waals surface area contributed by atoms with Gasteiger partial charge in [-0.2, -0.15) is 5.10 Å². The Kier molecular flexibility index (Phi) is 4.23. The van der Waals surface area contributed by atoms with Crippen molar-refractivity contribution in [3.8, 4) is 11.3 Å². The fourth-order valence-corrected chi connectivity index (χ4v) is 3.91. The lowest BCUT2D eigenvalue weighted by Crippen LogP contribution is -2.41. The first-order valence-electron chi connectivity index (χ1n) is 9.58. The number of carbonyl (C=O) groups excluding carboxylic acids is 1. The van der Waals surface area contributed by atoms with Crippen molar-refractivity contribution in [2.45, 2.75) is 32.2 Å². The van der Waals surface area contributed by atoms with Crippen LogP contribution in [0.2, 0.25) is 0 Å². The molecule has 2 amide bonds. The molecule has 5 rings (SSSR count). The lowest BCUT2D eigenvalue weighted by molar-refractivity contribution is 0.247. The number of hydrogen-bond donors (Lipinski definition) is 3. The molecule has 3 heterocycles. The lowest BCUT2D eigenvalue weighted by Gasteiger charge is -2.25. The number of aryl methyl sites for hydroxylation is 2. The van der Waals surface area contributed by atoms with Crippen molar-refractivity contribution in [3.05, 3.63) is 59.5 Å². The van der Waals surface area contributed by atoms with Crippen molar-refractivity contribution in [1.82, 2.24) is 25.7 Å². The Balaban J connectivity index is 1.30. The summed E-state index contributed by atoms with van der Waals surface area (Å²) in [6.07, 6.45) is 6.17. The van der Waals surface area contributed by atoms with Crippen LogP contribution < -0.4 is 10.6 Å². The predicted octanol–water partition coefficient (Wildman–Crippen LogP) is 3.60. The number of rotatable bonds is 3. The number of aromatic nitrogens is 4. The Hall–Kier alpha value is -3.68. The van der Waals surface area contributed by atoms with Crippen LogP contribution in [0.1, 0.15) is 23.2 Å². The van der Waals surface area contributed by atoms with E-state index in [1.165, 1.54) is 5.56 Å². The summed E-state index contributed by atoms with van der Waals surface area (Å²) in [5, 5.41) is 18.1. The Bertz CT molecular complexity index is 1180. The molecule has 8 nitrogen and oxygen atoms in total. The first-order chi connectivity index (χ1) is 14.2. The van der Waals surface area contributed by atoms with E-state index < -0.39 is 0 Å². The number of nitrogens with zero attached hydrogens (tertiary/aromatic N) is 3. The lowest BCUT2D eigenvalue weighted by atomic mass is 9.88. The van der Waals surface area contributed by atoms with Gasteiger partial charge in [0.05, 0.1) is 6.20 Å². The van der Waals surface area contributed by atoms with Crippen molar-refractivity contribution in [1.29, 1.82) is 0 Å². The molecular weight excluding hydrogens is 368 g/mol. The quantitative estimate of drug-likeness (QED) is 0.497. The van der Waals surface area contributed by atoms with Crippen LogP contribution in [-0.4, -0.2) is 32.4 Å². The number of nitrogens with one attached hydrogen (secondary N) is 3. The molecule has 29 heavy (non-hydrogen) atoms. The van der Waals surface area contributed by atoms with Crippen LogP contribution in [-0.2, 0) is 12.8 Å². The summed E-state index contributed by atoms with van der Waals surface area (Å²) in [5.41, 5.74) is 5.32. The molecule has 4 aromatic rings. The van der Waals surface area contributed by atoms with E-state index in [1.54, 1.807) is 0 Å². The van der Waals surface area contributed by atoms with Crippen LogP contribution in [0, 0.1) is 6.92 Å². The SMILES string of the molecule is Cc1noc(-c2ccccc2)c1NC(=O)NC1CCc2c(cnc3[nH]ncc23)C1. The third kappa shape index (κ3) is 3.22. The van der Waals surface area contributed by atoms with Crippen molar-refractivity contribution >= 4 is 22.8 Å². The van der Waals surface area contributed by atoms with E-state index in [4.69, 9.17) is 4.52 Å². The largest absolute Gasteiger partial charge is 0.354 e. The number of H-pyrrole nitrogens is 1. The highest BCUT2D eigenvalue weighted by Crippen LogP contribution is 2.31. The molecule has 1 aliphatic rings. The molecular formula is C21H20N6O2. The average molecular weight is 388 g/mol. The predicted molar refractivity (Wildman–Crippen MR) is 109 cm³/mol. The van der Waals surface area contributed by atoms with Gasteiger partial charge in [0.2, 0.25) is 0 Å². The van der Waals surface area contributed by atoms with Gasteiger partial charge in [-0.1, -0.05) is 35.5 Å². The molecule has 0 bridgehead atoms. The molecule has 0 saturated heterocycles. The molecule has 1 unspecified atom stereocenters. The summed E-state index contributed by atoms with van der Waals surface area (Å²) < 4.78 is 5.44. The highest BCUT2D eigenvalue weighted by Gasteiger charge is 2.24. The normalized spacial score (nSPS) is 15.8. The zero-order chi connectivity index (χ0) is 19.8. The second-order valence-corrected chi connectivity index (χ2v) is 7.27. The van der Waals surface area contributed by atoms with E-state index in [9.17, 15) is 4.79 Å². The minimum absolute atomic E-state index is 0.0361. The van der Waals surface area contributed by atoms with Gasteiger partial charge in [0.1, 0.15) is 11.4 Å². The Morgan fingerprint density at radius 3 is 2.97 bits per heavy atom. The van der Waals surface area contributed by atoms with Crippen LogP contribution in [0.5, 0.6) is 0 Å². The van der Waals surface area contributed by atoms with Gasteiger partial charge in [-0.15, -0.1) is 0 Å². The molecule has 3 aromatic heterocycles. The topological polar surface area (TPSA) is 109 Å². The third-order valence-corrected chi connectivity index (χ3v) is 5.36. The molecule has 1 aliphatic carbocycles. The second-order valence-electron chi connectivity index (χ2n) is 7.27. The highest BCUT2D eigenvalue weighted by atomic mass is 16.5. The number of amides is 2. The van der Waals surface area contributed by atoms with E-state index in [0.29, 0.717) is 17.1 Å². The fraction of sp³-hybridized carbons (Fsp3) is 0.238. The summed E-state index contributed by atoms with van der Waals surface area (Å²) in [5.74, 6) is 0.554. The Labute approximate surface area is 166 Å². The van der Waals surface area contributed by atoms with Gasteiger partial charge in [0.25, 0.3) is 0 Å². The monoisotopic (exact) mass is 388 g/mol. The summed E-state index contributed by atoms with van der Waals surface area (Å²) >= 11 is 0. The van der Waals surface area contributed by atoms with Crippen LogP contribution >= 0.6 is 0 Å². The number of pyridine rings is 1. The van der Waals surface area contributed by atoms with Gasteiger partial charge in [0, 0.05) is 23.2 Å². The highest BCUT2D eigenvalue weighted by molar-refractivity contribution is 5.94. The van der Waals surface area contributed by atoms with E-state index in [-0.39, 0.29) is 12.1 Å². The zero-order valence-corrected chi connectivity index (χ0v) is 15.9. The summed E-state index contributed by atoms with van der Waals surface area (Å²) in [4.78, 5) is 17.1. The van der Waals surface area contributed by atoms with Crippen molar-refractivity contribution < 1.29 is 9.32 Å². The number of anilines is 1. The van der Waals surface area contributed by atoms with Gasteiger partial charge in [0.15, 0.2) is 11.4 Å². The molecule has 0 spiro atoms. The van der Waals surface area contributed by atoms with Gasteiger partial charge in [-0.3, -0.25) is 5.10 Å². The number of carbonyl (C=O) groups is 1. The zero-order valence-electron chi connectivity index (χ0n) is 15.9. The fourth-order valence-electron chi connectivity index (χ4n) is 3.91. The molecule has 0 fully saturated rings. The Morgan fingerprint density at radius 2 is 2.10 bits per heavy atom. The summed E-state index contributed by atoms with van der Waals surface area (Å²) in [6.45, 7) is 1.81. The maximum Gasteiger partial charge on any atom is 0.319 e. The van der Waals surface area contributed by atoms with Crippen molar-refractivity contribution in [3.63, 3.8) is 0 Å². The Morgan fingerprint density at radius 1 is 1.24 bits per heavy atom. The van der Waals surface area contributed by atoms with Crippen molar-refractivity contribution in [2.24, 2.45) is 0 Å². The molecule has 0 aliphatic heterocycles. The van der Waals surface area contributed by atoms with Gasteiger partial charge >= 0.3 is 6.03 Å². The van der Waals surface area contributed by atoms with Crippen LogP contribution in [0.3, 0.4) is 0 Å². The molecule has 146 valence electrons. The average Bonchev–Trinajstić information content (AvgIpc) is 3.36. The van der Waals surface area contributed by atoms with Crippen molar-refractivity contribution in [2.75, 3.05) is 5.32 Å². The van der Waals surface area contributed by atoms with E-state index >= 15 is 0 Å². The molecule has 1 atom stereocenters.